The molecule has 0 aromatic heterocycles. The van der Waals surface area contributed by atoms with Crippen LogP contribution in [0.5, 0.6) is 0 Å². The van der Waals surface area contributed by atoms with Gasteiger partial charge in [0.05, 0.1) is 20.2 Å². The number of carbonyl (C=O) groups is 1. The van der Waals surface area contributed by atoms with Crippen molar-refractivity contribution in [1.29, 1.82) is 0 Å². The molecule has 0 unspecified atom stereocenters. The number of sulfone groups is 2. The van der Waals surface area contributed by atoms with Crippen molar-refractivity contribution >= 4 is 73.4 Å². The predicted molar refractivity (Wildman–Crippen MR) is 102 cm³/mol. The molecule has 0 saturated heterocycles. The zero-order valence-corrected chi connectivity index (χ0v) is 18.4. The molecule has 0 amide bonds. The first-order valence-electron chi connectivity index (χ1n) is 6.37. The predicted octanol–water partition coefficient (Wildman–Crippen LogP) is 3.79. The molecule has 0 saturated carbocycles. The highest BCUT2D eigenvalue weighted by atomic mass is 80.0. The molecule has 134 valence electrons. The monoisotopic (exact) mass is 574 g/mol. The Labute approximate surface area is 169 Å². The maximum atomic E-state index is 12.6. The molecule has 0 aliphatic rings. The summed E-state index contributed by atoms with van der Waals surface area (Å²) in [7, 11) is -7.83. The minimum atomic E-state index is -3.99. The summed E-state index contributed by atoms with van der Waals surface area (Å²) in [6.45, 7) is 0. The maximum Gasteiger partial charge on any atom is 0.335 e. The van der Waals surface area contributed by atoms with Crippen molar-refractivity contribution in [2.24, 2.45) is 0 Å². The van der Waals surface area contributed by atoms with Crippen molar-refractivity contribution in [3.8, 4) is 0 Å². The van der Waals surface area contributed by atoms with Crippen molar-refractivity contribution in [3.63, 3.8) is 0 Å². The highest BCUT2D eigenvalue weighted by Crippen LogP contribution is 2.43. The molecule has 11 heteroatoms. The lowest BCUT2D eigenvalue weighted by Crippen LogP contribution is -2.17. The number of aromatic carboxylic acids is 1. The normalized spacial score (nSPS) is 12.8. The van der Waals surface area contributed by atoms with Gasteiger partial charge in [-0.05, 0) is 90.3 Å². The molecule has 0 heterocycles. The average Bonchev–Trinajstić information content (AvgIpc) is 2.54. The van der Waals surface area contributed by atoms with E-state index in [1.807, 2.05) is 0 Å². The van der Waals surface area contributed by atoms with Gasteiger partial charge in [-0.1, -0.05) is 6.07 Å². The van der Waals surface area contributed by atoms with Gasteiger partial charge in [-0.15, -0.1) is 0 Å². The topological polar surface area (TPSA) is 106 Å². The van der Waals surface area contributed by atoms with E-state index in [1.54, 1.807) is 0 Å². The number of alkyl halides is 3. The Hall–Kier alpha value is -0.750. The summed E-state index contributed by atoms with van der Waals surface area (Å²) < 4.78 is 48.1. The molecule has 0 aliphatic heterocycles. The van der Waals surface area contributed by atoms with Gasteiger partial charge in [-0.25, -0.2) is 21.6 Å². The van der Waals surface area contributed by atoms with Crippen LogP contribution in [0.1, 0.15) is 10.4 Å². The van der Waals surface area contributed by atoms with E-state index in [0.29, 0.717) is 0 Å². The third kappa shape index (κ3) is 4.16. The summed E-state index contributed by atoms with van der Waals surface area (Å²) >= 11 is 8.77. The number of benzene rings is 2. The van der Waals surface area contributed by atoms with Crippen molar-refractivity contribution in [3.05, 3.63) is 54.1 Å². The number of carboxylic acid groups (broad SMARTS) is 1. The van der Waals surface area contributed by atoms with Crippen LogP contribution in [0.3, 0.4) is 0 Å². The lowest BCUT2D eigenvalue weighted by atomic mass is 10.2. The van der Waals surface area contributed by atoms with E-state index < -0.39 is 27.1 Å². The summed E-state index contributed by atoms with van der Waals surface area (Å²) in [6.07, 6.45) is 0. The molecule has 0 spiro atoms. The summed E-state index contributed by atoms with van der Waals surface area (Å²) in [4.78, 5) is 10.5. The fourth-order valence-corrected chi connectivity index (χ4v) is 5.61. The van der Waals surface area contributed by atoms with E-state index in [0.717, 1.165) is 30.3 Å². The van der Waals surface area contributed by atoms with E-state index in [4.69, 9.17) is 5.11 Å². The van der Waals surface area contributed by atoms with Gasteiger partial charge < -0.3 is 5.11 Å². The van der Waals surface area contributed by atoms with Crippen molar-refractivity contribution in [2.45, 2.75) is 16.2 Å². The molecule has 2 aromatic rings. The van der Waals surface area contributed by atoms with E-state index in [-0.39, 0.29) is 20.2 Å². The van der Waals surface area contributed by atoms with Crippen molar-refractivity contribution in [1.82, 2.24) is 0 Å². The molecular formula is C14H9Br3O6S2. The fourth-order valence-electron chi connectivity index (χ4n) is 1.86. The largest absolute Gasteiger partial charge is 0.478 e. The van der Waals surface area contributed by atoms with Gasteiger partial charge in [0.15, 0.2) is 0 Å². The van der Waals surface area contributed by atoms with Gasteiger partial charge in [0.2, 0.25) is 21.1 Å². The maximum absolute atomic E-state index is 12.6. The van der Waals surface area contributed by atoms with Crippen molar-refractivity contribution < 1.29 is 26.7 Å². The Morgan fingerprint density at radius 2 is 1.36 bits per heavy atom. The molecule has 2 aromatic carbocycles. The van der Waals surface area contributed by atoms with Crippen LogP contribution in [-0.4, -0.2) is 29.4 Å². The Balaban J connectivity index is 2.49. The molecule has 1 N–H and O–H groups in total. The zero-order valence-electron chi connectivity index (χ0n) is 12.1. The SMILES string of the molecule is O=C(O)c1cccc(S(=O)(=O)c2ccc(S(=O)(=O)C(Br)(Br)Br)cc2)c1. The standard InChI is InChI=1S/C14H9Br3O6S2/c15-14(16,17)25(22,23)11-6-4-10(5-7-11)24(20,21)12-3-1-2-9(8-12)13(18)19/h1-8H,(H,18,19). The molecule has 0 aliphatic carbocycles. The Morgan fingerprint density at radius 1 is 0.840 bits per heavy atom. The van der Waals surface area contributed by atoms with Crippen LogP contribution < -0.4 is 0 Å². The van der Waals surface area contributed by atoms with Gasteiger partial charge in [0, 0.05) is 0 Å². The fraction of sp³-hybridized carbons (Fsp3) is 0.0714. The molecule has 0 bridgehead atoms. The van der Waals surface area contributed by atoms with Crippen LogP contribution in [0.15, 0.2) is 63.2 Å². The van der Waals surface area contributed by atoms with Crippen molar-refractivity contribution in [2.75, 3.05) is 0 Å². The Morgan fingerprint density at radius 3 is 1.84 bits per heavy atom. The minimum absolute atomic E-state index is 0.114. The Kier molecular flexibility index (Phi) is 5.84. The highest BCUT2D eigenvalue weighted by Gasteiger charge is 2.37. The summed E-state index contributed by atoms with van der Waals surface area (Å²) in [5.74, 6) is -1.25. The van der Waals surface area contributed by atoms with E-state index in [1.165, 1.54) is 18.2 Å². The van der Waals surface area contributed by atoms with Crippen LogP contribution >= 0.6 is 47.8 Å². The first kappa shape index (κ1) is 20.6. The molecule has 0 fully saturated rings. The second-order valence-electron chi connectivity index (χ2n) is 4.76. The summed E-state index contributed by atoms with van der Waals surface area (Å²) in [5, 5.41) is 8.97. The molecule has 0 radical (unpaired) electrons. The number of halogens is 3. The number of carboxylic acids is 1. The Bertz CT molecular complexity index is 1020. The van der Waals surface area contributed by atoms with Crippen LogP contribution in [0.2, 0.25) is 0 Å². The quantitative estimate of drug-likeness (QED) is 0.555. The number of hydrogen-bond acceptors (Lipinski definition) is 5. The van der Waals surface area contributed by atoms with Crippen LogP contribution in [-0.2, 0) is 19.7 Å². The molecule has 0 atom stereocenters. The first-order valence-corrected chi connectivity index (χ1v) is 11.7. The third-order valence-electron chi connectivity index (χ3n) is 3.14. The smallest absolute Gasteiger partial charge is 0.335 e. The van der Waals surface area contributed by atoms with E-state index >= 15 is 0 Å². The van der Waals surface area contributed by atoms with E-state index in [2.05, 4.69) is 47.8 Å². The van der Waals surface area contributed by atoms with Gasteiger partial charge in [0.25, 0.3) is 0 Å². The lowest BCUT2D eigenvalue weighted by molar-refractivity contribution is 0.0696. The van der Waals surface area contributed by atoms with Crippen LogP contribution in [0.25, 0.3) is 0 Å². The first-order chi connectivity index (χ1) is 11.4. The molecule has 6 nitrogen and oxygen atoms in total. The van der Waals surface area contributed by atoms with E-state index in [9.17, 15) is 21.6 Å². The second kappa shape index (κ2) is 7.10. The minimum Gasteiger partial charge on any atom is -0.478 e. The molecule has 2 rings (SSSR count). The van der Waals surface area contributed by atoms with Gasteiger partial charge in [-0.3, -0.25) is 0 Å². The summed E-state index contributed by atoms with van der Waals surface area (Å²) in [6, 6.07) is 9.52. The van der Waals surface area contributed by atoms with Gasteiger partial charge in [0.1, 0.15) is 0 Å². The number of hydrogen-bond donors (Lipinski definition) is 1. The number of rotatable bonds is 4. The zero-order chi connectivity index (χ0) is 19.0. The summed E-state index contributed by atoms with van der Waals surface area (Å²) in [5.41, 5.74) is -0.164. The van der Waals surface area contributed by atoms with Gasteiger partial charge in [-0.2, -0.15) is 0 Å². The lowest BCUT2D eigenvalue weighted by Gasteiger charge is -2.14. The second-order valence-corrected chi connectivity index (χ2v) is 17.1. The third-order valence-corrected chi connectivity index (χ3v) is 10.2. The average molecular weight is 577 g/mol. The van der Waals surface area contributed by atoms with Gasteiger partial charge >= 0.3 is 5.97 Å². The van der Waals surface area contributed by atoms with Crippen LogP contribution in [0, 0.1) is 0 Å². The molecular weight excluding hydrogens is 568 g/mol. The molecule has 25 heavy (non-hydrogen) atoms. The van der Waals surface area contributed by atoms with Crippen LogP contribution in [0.4, 0.5) is 0 Å². The highest BCUT2D eigenvalue weighted by molar-refractivity contribution is 9.42.